The summed E-state index contributed by atoms with van der Waals surface area (Å²) in [5.41, 5.74) is 8.89. The number of aryl methyl sites for hydroxylation is 5. The number of hydrogen-bond acceptors (Lipinski definition) is 4. The van der Waals surface area contributed by atoms with E-state index in [1.807, 2.05) is 19.9 Å². The molecule has 0 bridgehead atoms. The van der Waals surface area contributed by atoms with Crippen molar-refractivity contribution in [2.24, 2.45) is 41.4 Å². The number of ether oxygens (including phenoxy) is 4. The second-order valence-corrected chi connectivity index (χ2v) is 22.1. The van der Waals surface area contributed by atoms with Crippen molar-refractivity contribution in [3.63, 3.8) is 0 Å². The summed E-state index contributed by atoms with van der Waals surface area (Å²) < 4.78 is 33.7. The molecule has 0 aromatic heterocycles. The molecule has 7 atom stereocenters. The van der Waals surface area contributed by atoms with Gasteiger partial charge < -0.3 is 18.9 Å². The number of benzene rings is 3. The number of rotatable bonds is 0. The molecule has 0 spiro atoms. The molecule has 66 heavy (non-hydrogen) atoms. The second kappa shape index (κ2) is 33.0. The van der Waals surface area contributed by atoms with Gasteiger partial charge in [-0.15, -0.1) is 0 Å². The lowest BCUT2D eigenvalue weighted by molar-refractivity contribution is -0.187. The minimum absolute atomic E-state index is 0.0196. The molecule has 9 rings (SSSR count). The van der Waals surface area contributed by atoms with Crippen molar-refractivity contribution in [3.8, 4) is 0 Å². The van der Waals surface area contributed by atoms with Crippen LogP contribution in [0.2, 0.25) is 0 Å². The van der Waals surface area contributed by atoms with Crippen LogP contribution < -0.4 is 0 Å². The highest BCUT2D eigenvalue weighted by Crippen LogP contribution is 2.30. The Morgan fingerprint density at radius 1 is 0.379 bits per heavy atom. The van der Waals surface area contributed by atoms with Crippen LogP contribution in [0.5, 0.6) is 0 Å². The molecule has 7 unspecified atom stereocenters. The molecule has 6 aliphatic rings. The first-order chi connectivity index (χ1) is 31.2. The molecule has 3 heterocycles. The molecule has 0 radical (unpaired) electrons. The Morgan fingerprint density at radius 3 is 1.17 bits per heavy atom. The summed E-state index contributed by atoms with van der Waals surface area (Å²) in [7, 11) is 0. The van der Waals surface area contributed by atoms with Crippen molar-refractivity contribution >= 4 is 0 Å². The maximum Gasteiger partial charge on any atom is 0.154 e. The molecule has 3 aromatic rings. The van der Waals surface area contributed by atoms with Gasteiger partial charge in [0.25, 0.3) is 0 Å². The summed E-state index contributed by atoms with van der Waals surface area (Å²) in [6.07, 6.45) is 19.6. The van der Waals surface area contributed by atoms with Crippen LogP contribution in [0.4, 0.5) is 4.39 Å². The van der Waals surface area contributed by atoms with Crippen LogP contribution in [-0.4, -0.2) is 44.4 Å². The molecule has 3 aliphatic carbocycles. The molecular formula is C61H101FO4. The fraction of sp³-hybridized carbons (Fsp3) is 0.705. The molecule has 2 saturated carbocycles. The number of halogens is 1. The van der Waals surface area contributed by atoms with E-state index in [1.54, 1.807) is 24.1 Å². The summed E-state index contributed by atoms with van der Waals surface area (Å²) in [6, 6.07) is 20.5. The third kappa shape index (κ3) is 28.0. The van der Waals surface area contributed by atoms with Crippen molar-refractivity contribution in [1.29, 1.82) is 0 Å². The zero-order valence-electron chi connectivity index (χ0n) is 45.4. The van der Waals surface area contributed by atoms with E-state index in [-0.39, 0.29) is 12.1 Å². The lowest BCUT2D eigenvalue weighted by Gasteiger charge is -2.24. The maximum absolute atomic E-state index is 12.6. The molecule has 0 amide bonds. The van der Waals surface area contributed by atoms with Crippen molar-refractivity contribution in [2.75, 3.05) is 19.8 Å². The SMILES string of the molecule is CC1CCC(C)C1.CC1CCC(C)CC1.CC1CCC(C)O1.CC1CCC(C)OC1.CC1COC(C)OC1.Cc1ccc(C)c(F)c1.Cc1ccc(C)cc1.Cc1ccc2c(c1)CC(C)C2. The lowest BCUT2D eigenvalue weighted by Crippen LogP contribution is -2.27. The van der Waals surface area contributed by atoms with E-state index in [1.165, 1.54) is 106 Å². The molecule has 5 fully saturated rings. The van der Waals surface area contributed by atoms with Crippen LogP contribution in [0.15, 0.2) is 60.7 Å². The Morgan fingerprint density at radius 2 is 0.788 bits per heavy atom. The van der Waals surface area contributed by atoms with Crippen molar-refractivity contribution < 1.29 is 23.3 Å². The van der Waals surface area contributed by atoms with Crippen LogP contribution in [0.1, 0.15) is 186 Å². The van der Waals surface area contributed by atoms with Crippen LogP contribution >= 0.6 is 0 Å². The van der Waals surface area contributed by atoms with Gasteiger partial charge in [0, 0.05) is 12.5 Å². The topological polar surface area (TPSA) is 36.9 Å². The first-order valence-electron chi connectivity index (χ1n) is 26.5. The average molecular weight is 917 g/mol. The van der Waals surface area contributed by atoms with Gasteiger partial charge >= 0.3 is 0 Å². The van der Waals surface area contributed by atoms with Crippen LogP contribution in [-0.2, 0) is 31.8 Å². The normalized spacial score (nSPS) is 29.4. The van der Waals surface area contributed by atoms with Gasteiger partial charge in [-0.1, -0.05) is 158 Å². The Labute approximate surface area is 407 Å². The molecule has 376 valence electrons. The van der Waals surface area contributed by atoms with Gasteiger partial charge in [-0.2, -0.15) is 0 Å². The molecule has 4 nitrogen and oxygen atoms in total. The van der Waals surface area contributed by atoms with E-state index in [2.05, 4.69) is 132 Å². The smallest absolute Gasteiger partial charge is 0.154 e. The van der Waals surface area contributed by atoms with Gasteiger partial charge in [0.05, 0.1) is 31.5 Å². The molecule has 5 heteroatoms. The third-order valence-electron chi connectivity index (χ3n) is 13.7. The Kier molecular flexibility index (Phi) is 29.8. The van der Waals surface area contributed by atoms with Gasteiger partial charge in [-0.3, -0.25) is 0 Å². The minimum atomic E-state index is -0.116. The van der Waals surface area contributed by atoms with Gasteiger partial charge in [-0.05, 0) is 171 Å². The van der Waals surface area contributed by atoms with Gasteiger partial charge in [0.15, 0.2) is 6.29 Å². The highest BCUT2D eigenvalue weighted by atomic mass is 19.1. The Balaban J connectivity index is 0.000000260. The van der Waals surface area contributed by atoms with E-state index in [4.69, 9.17) is 18.9 Å². The standard InChI is InChI=1S/C11H14.C8H9F.C8H16.C8H10.C7H14O.C7H14.C6H12O2.C6H12O/c1-8-3-4-10-6-9(2)7-11(10)5-8;1-6-3-4-7(2)8(9)5-6;2*1-7-3-5-8(2)6-4-7;1-6-3-4-7(2)8-5-6;1-6-3-4-7(2)5-6;1-5-3-7-6(2)8-4-5;1-5-3-4-6(2)7-5/h3-5,9H,6-7H2,1-2H3;3-5H,1-2H3;7-8H,3-6H2,1-2H3;3-6H,1-2H3;6-7H,3-5H2,1-2H3;6-7H,3-5H2,1-2H3;5-6H,3-4H2,1-2H3;5-6H,3-4H2,1-2H3. The monoisotopic (exact) mass is 917 g/mol. The zero-order chi connectivity index (χ0) is 49.2. The summed E-state index contributed by atoms with van der Waals surface area (Å²) >= 11 is 0. The van der Waals surface area contributed by atoms with E-state index in [0.29, 0.717) is 29.8 Å². The summed E-state index contributed by atoms with van der Waals surface area (Å²) in [4.78, 5) is 0. The molecule has 0 N–H and O–H groups in total. The second-order valence-electron chi connectivity index (χ2n) is 22.1. The van der Waals surface area contributed by atoms with Crippen molar-refractivity contribution in [3.05, 3.63) is 105 Å². The van der Waals surface area contributed by atoms with E-state index < -0.39 is 0 Å². The highest BCUT2D eigenvalue weighted by Gasteiger charge is 2.19. The fourth-order valence-electron chi connectivity index (χ4n) is 8.93. The maximum atomic E-state index is 12.6. The van der Waals surface area contributed by atoms with Crippen LogP contribution in [0.25, 0.3) is 0 Å². The summed E-state index contributed by atoms with van der Waals surface area (Å²) in [6.45, 7) is 37.1. The average Bonchev–Trinajstić information content (AvgIpc) is 3.98. The van der Waals surface area contributed by atoms with Crippen LogP contribution in [0, 0.1) is 81.9 Å². The van der Waals surface area contributed by atoms with Gasteiger partial charge in [-0.25, -0.2) is 4.39 Å². The Hall–Kier alpha value is -2.57. The third-order valence-corrected chi connectivity index (χ3v) is 13.7. The predicted octanol–water partition coefficient (Wildman–Crippen LogP) is 17.2. The molecule has 3 saturated heterocycles. The quantitative estimate of drug-likeness (QED) is 0.225. The van der Waals surface area contributed by atoms with Crippen LogP contribution in [0.3, 0.4) is 0 Å². The number of hydrogen-bond donors (Lipinski definition) is 0. The van der Waals surface area contributed by atoms with Gasteiger partial charge in [0.2, 0.25) is 0 Å². The molecule has 3 aromatic carbocycles. The molecule has 3 aliphatic heterocycles. The van der Waals surface area contributed by atoms with Crippen molar-refractivity contribution in [1.82, 2.24) is 0 Å². The first kappa shape index (κ1) is 59.6. The van der Waals surface area contributed by atoms with E-state index in [0.717, 1.165) is 60.9 Å². The highest BCUT2D eigenvalue weighted by molar-refractivity contribution is 5.35. The number of fused-ring (bicyclic) bond motifs is 1. The lowest BCUT2D eigenvalue weighted by atomic mass is 9.84. The minimum Gasteiger partial charge on any atom is -0.378 e. The van der Waals surface area contributed by atoms with Gasteiger partial charge in [0.1, 0.15) is 5.82 Å². The fourth-order valence-corrected chi connectivity index (χ4v) is 8.93. The zero-order valence-corrected chi connectivity index (χ0v) is 45.4. The largest absolute Gasteiger partial charge is 0.378 e. The van der Waals surface area contributed by atoms with E-state index >= 15 is 0 Å². The summed E-state index contributed by atoms with van der Waals surface area (Å²) in [5.74, 6) is 6.21. The first-order valence-corrected chi connectivity index (χ1v) is 26.5. The predicted molar refractivity (Wildman–Crippen MR) is 282 cm³/mol. The summed E-state index contributed by atoms with van der Waals surface area (Å²) in [5, 5.41) is 0. The Bertz CT molecular complexity index is 1530. The molecular weight excluding hydrogens is 816 g/mol. The van der Waals surface area contributed by atoms with Crippen molar-refractivity contribution in [2.45, 2.75) is 219 Å². The van der Waals surface area contributed by atoms with E-state index in [9.17, 15) is 4.39 Å².